The standard InChI is InChI=1S/C22H25NO6S/c1-14-4-6-19(7-5-14)30(26,27)23-12-17-8-15-10-22(20(24)28-2,21(25)29-3)11-16(15)9-18(17)13-23/h4-9,17-18H,10-13H2,1-3H3. The molecule has 2 unspecified atom stereocenters. The number of hydrogen-bond acceptors (Lipinski definition) is 6. The first-order valence-corrected chi connectivity index (χ1v) is 11.3. The number of fused-ring (bicyclic) bond motifs is 2. The fourth-order valence-corrected chi connectivity index (χ4v) is 6.29. The largest absolute Gasteiger partial charge is 0.468 e. The SMILES string of the molecule is COC(=O)C1(C(=O)OC)CC2=CC3CN(S(=O)(=O)c4ccc(C)cc4)CC3C=C2C1. The fourth-order valence-electron chi connectivity index (χ4n) is 4.78. The van der Waals surface area contributed by atoms with Gasteiger partial charge in [0, 0.05) is 13.1 Å². The number of methoxy groups -OCH3 is 2. The minimum atomic E-state index is -3.57. The maximum absolute atomic E-state index is 13.1. The lowest BCUT2D eigenvalue weighted by Crippen LogP contribution is -2.38. The monoisotopic (exact) mass is 431 g/mol. The molecule has 2 aliphatic carbocycles. The average molecular weight is 432 g/mol. The zero-order chi connectivity index (χ0) is 21.7. The number of carbonyl (C=O) groups excluding carboxylic acids is 2. The Hall–Kier alpha value is -2.45. The van der Waals surface area contributed by atoms with Gasteiger partial charge in [0.25, 0.3) is 0 Å². The van der Waals surface area contributed by atoms with Gasteiger partial charge in [-0.25, -0.2) is 8.42 Å². The van der Waals surface area contributed by atoms with Crippen molar-refractivity contribution < 1.29 is 27.5 Å². The third kappa shape index (κ3) is 3.18. The Morgan fingerprint density at radius 2 is 1.40 bits per heavy atom. The highest BCUT2D eigenvalue weighted by molar-refractivity contribution is 7.89. The number of benzene rings is 1. The third-order valence-electron chi connectivity index (χ3n) is 6.42. The first kappa shape index (κ1) is 20.8. The number of carbonyl (C=O) groups is 2. The van der Waals surface area contributed by atoms with Gasteiger partial charge in [0.2, 0.25) is 10.0 Å². The molecule has 1 saturated carbocycles. The molecule has 30 heavy (non-hydrogen) atoms. The molecule has 0 spiro atoms. The molecule has 0 amide bonds. The number of nitrogens with zero attached hydrogens (tertiary/aromatic N) is 1. The lowest BCUT2D eigenvalue weighted by atomic mass is 9.85. The van der Waals surface area contributed by atoms with Crippen LogP contribution >= 0.6 is 0 Å². The van der Waals surface area contributed by atoms with Gasteiger partial charge in [0.15, 0.2) is 5.41 Å². The number of allylic oxidation sites excluding steroid dienone is 2. The van der Waals surface area contributed by atoms with Gasteiger partial charge in [-0.2, -0.15) is 4.31 Å². The summed E-state index contributed by atoms with van der Waals surface area (Å²) in [6.45, 7) is 2.66. The Morgan fingerprint density at radius 1 is 0.933 bits per heavy atom. The summed E-state index contributed by atoms with van der Waals surface area (Å²) in [5, 5.41) is 0. The normalized spacial score (nSPS) is 25.0. The van der Waals surface area contributed by atoms with Crippen LogP contribution in [0.4, 0.5) is 0 Å². The minimum absolute atomic E-state index is 0.00932. The second kappa shape index (κ2) is 7.35. The van der Waals surface area contributed by atoms with Crippen LogP contribution in [0.3, 0.4) is 0 Å². The van der Waals surface area contributed by atoms with Crippen LogP contribution in [0.15, 0.2) is 52.5 Å². The molecular formula is C22H25NO6S. The first-order chi connectivity index (χ1) is 14.2. The van der Waals surface area contributed by atoms with E-state index in [9.17, 15) is 18.0 Å². The van der Waals surface area contributed by atoms with E-state index in [2.05, 4.69) is 0 Å². The molecule has 4 rings (SSSR count). The van der Waals surface area contributed by atoms with E-state index in [4.69, 9.17) is 9.47 Å². The third-order valence-corrected chi connectivity index (χ3v) is 8.26. The van der Waals surface area contributed by atoms with Crippen molar-refractivity contribution in [2.45, 2.75) is 24.7 Å². The molecule has 2 atom stereocenters. The minimum Gasteiger partial charge on any atom is -0.468 e. The highest BCUT2D eigenvalue weighted by Gasteiger charge is 2.55. The highest BCUT2D eigenvalue weighted by Crippen LogP contribution is 2.51. The molecule has 160 valence electrons. The van der Waals surface area contributed by atoms with Gasteiger partial charge in [-0.15, -0.1) is 0 Å². The average Bonchev–Trinajstić information content (AvgIpc) is 3.32. The molecule has 8 heteroatoms. The molecule has 0 aromatic heterocycles. The summed E-state index contributed by atoms with van der Waals surface area (Å²) in [6.07, 6.45) is 4.48. The van der Waals surface area contributed by atoms with E-state index < -0.39 is 27.4 Å². The topological polar surface area (TPSA) is 90.0 Å². The van der Waals surface area contributed by atoms with E-state index in [1.54, 1.807) is 24.3 Å². The Morgan fingerprint density at radius 3 is 1.83 bits per heavy atom. The highest BCUT2D eigenvalue weighted by atomic mass is 32.2. The Bertz CT molecular complexity index is 1010. The number of ether oxygens (including phenoxy) is 2. The predicted molar refractivity (Wildman–Crippen MR) is 109 cm³/mol. The molecule has 3 aliphatic rings. The van der Waals surface area contributed by atoms with Gasteiger partial charge < -0.3 is 9.47 Å². The van der Waals surface area contributed by atoms with E-state index in [1.165, 1.54) is 18.5 Å². The lowest BCUT2D eigenvalue weighted by Gasteiger charge is -2.21. The van der Waals surface area contributed by atoms with Crippen molar-refractivity contribution in [1.82, 2.24) is 4.31 Å². The molecule has 0 bridgehead atoms. The van der Waals surface area contributed by atoms with Crippen LogP contribution in [0, 0.1) is 24.2 Å². The van der Waals surface area contributed by atoms with Crippen molar-refractivity contribution in [3.05, 3.63) is 53.1 Å². The van der Waals surface area contributed by atoms with Crippen LogP contribution in [-0.2, 0) is 29.1 Å². The Balaban J connectivity index is 1.59. The Labute approximate surface area is 176 Å². The van der Waals surface area contributed by atoms with E-state index in [0.717, 1.165) is 16.7 Å². The predicted octanol–water partition coefficient (Wildman–Crippen LogP) is 2.22. The summed E-state index contributed by atoms with van der Waals surface area (Å²) in [6, 6.07) is 6.87. The van der Waals surface area contributed by atoms with Crippen molar-refractivity contribution in [2.75, 3.05) is 27.3 Å². The summed E-state index contributed by atoms with van der Waals surface area (Å²) in [5.74, 6) is -1.18. The maximum atomic E-state index is 13.1. The number of hydrogen-bond donors (Lipinski definition) is 0. The van der Waals surface area contributed by atoms with Gasteiger partial charge in [0.1, 0.15) is 0 Å². The van der Waals surface area contributed by atoms with Crippen LogP contribution in [0.2, 0.25) is 0 Å². The van der Waals surface area contributed by atoms with Gasteiger partial charge >= 0.3 is 11.9 Å². The zero-order valence-electron chi connectivity index (χ0n) is 17.3. The van der Waals surface area contributed by atoms with Crippen molar-refractivity contribution in [3.63, 3.8) is 0 Å². The smallest absolute Gasteiger partial charge is 0.323 e. The van der Waals surface area contributed by atoms with Gasteiger partial charge in [-0.1, -0.05) is 29.8 Å². The van der Waals surface area contributed by atoms with Crippen LogP contribution in [0.5, 0.6) is 0 Å². The van der Waals surface area contributed by atoms with Gasteiger partial charge in [0.05, 0.1) is 19.1 Å². The summed E-state index contributed by atoms with van der Waals surface area (Å²) in [7, 11) is -1.04. The van der Waals surface area contributed by atoms with E-state index in [0.29, 0.717) is 18.0 Å². The van der Waals surface area contributed by atoms with E-state index >= 15 is 0 Å². The molecule has 0 N–H and O–H groups in total. The van der Waals surface area contributed by atoms with Crippen molar-refractivity contribution >= 4 is 22.0 Å². The molecule has 7 nitrogen and oxygen atoms in total. The van der Waals surface area contributed by atoms with Gasteiger partial charge in [-0.05, 0) is 54.9 Å². The summed E-state index contributed by atoms with van der Waals surface area (Å²) >= 11 is 0. The Kier molecular flexibility index (Phi) is 5.10. The van der Waals surface area contributed by atoms with E-state index in [-0.39, 0.29) is 24.7 Å². The van der Waals surface area contributed by atoms with Crippen LogP contribution in [-0.4, -0.2) is 52.0 Å². The molecular weight excluding hydrogens is 406 g/mol. The molecule has 2 fully saturated rings. The molecule has 0 radical (unpaired) electrons. The zero-order valence-corrected chi connectivity index (χ0v) is 18.1. The summed E-state index contributed by atoms with van der Waals surface area (Å²) in [5.41, 5.74) is 1.46. The van der Waals surface area contributed by atoms with Crippen molar-refractivity contribution in [3.8, 4) is 0 Å². The van der Waals surface area contributed by atoms with Crippen LogP contribution in [0.1, 0.15) is 18.4 Å². The molecule has 1 saturated heterocycles. The second-order valence-electron chi connectivity index (χ2n) is 8.27. The first-order valence-electron chi connectivity index (χ1n) is 9.86. The maximum Gasteiger partial charge on any atom is 0.323 e. The quantitative estimate of drug-likeness (QED) is 0.536. The molecule has 1 aliphatic heterocycles. The molecule has 1 heterocycles. The van der Waals surface area contributed by atoms with Gasteiger partial charge in [-0.3, -0.25) is 9.59 Å². The van der Waals surface area contributed by atoms with E-state index in [1.807, 2.05) is 19.1 Å². The number of esters is 2. The number of aryl methyl sites for hydroxylation is 1. The number of rotatable bonds is 4. The summed E-state index contributed by atoms with van der Waals surface area (Å²) in [4.78, 5) is 25.1. The lowest BCUT2D eigenvalue weighted by molar-refractivity contribution is -0.168. The fraction of sp³-hybridized carbons (Fsp3) is 0.455. The number of sulfonamides is 1. The van der Waals surface area contributed by atoms with Crippen LogP contribution < -0.4 is 0 Å². The van der Waals surface area contributed by atoms with Crippen LogP contribution in [0.25, 0.3) is 0 Å². The second-order valence-corrected chi connectivity index (χ2v) is 10.2. The van der Waals surface area contributed by atoms with Crippen molar-refractivity contribution in [1.29, 1.82) is 0 Å². The molecule has 1 aromatic carbocycles. The summed E-state index contributed by atoms with van der Waals surface area (Å²) < 4.78 is 37.4. The molecule has 1 aromatic rings. The van der Waals surface area contributed by atoms with Crippen molar-refractivity contribution in [2.24, 2.45) is 17.3 Å².